The van der Waals surface area contributed by atoms with Crippen molar-refractivity contribution in [2.45, 2.75) is 6.61 Å². The summed E-state index contributed by atoms with van der Waals surface area (Å²) in [6, 6.07) is 3.82. The van der Waals surface area contributed by atoms with Crippen molar-refractivity contribution in [2.24, 2.45) is 0 Å². The van der Waals surface area contributed by atoms with Crippen LogP contribution in [-0.2, 0) is 16.1 Å². The maximum Gasteiger partial charge on any atom is 0.146 e. The van der Waals surface area contributed by atoms with Crippen LogP contribution < -0.4 is 0 Å². The number of aromatic nitrogens is 1. The molecule has 0 radical (unpaired) electrons. The van der Waals surface area contributed by atoms with Crippen LogP contribution in [0.5, 0.6) is 0 Å². The van der Waals surface area contributed by atoms with Crippen molar-refractivity contribution in [1.29, 1.82) is 0 Å². The largest absolute Gasteiger partial charge is 0.359 e. The Labute approximate surface area is 82.5 Å². The zero-order valence-corrected chi connectivity index (χ0v) is 8.61. The number of nitrogens with zero attached hydrogens (tertiary/aromatic N) is 1. The molecule has 0 bridgehead atoms. The molecule has 0 amide bonds. The Hall–Kier alpha value is -0.450. The van der Waals surface area contributed by atoms with Crippen molar-refractivity contribution < 1.29 is 9.47 Å². The molecule has 0 aliphatic rings. The van der Waals surface area contributed by atoms with Crippen LogP contribution in [0.25, 0.3) is 0 Å². The summed E-state index contributed by atoms with van der Waals surface area (Å²) in [5.74, 6) is 0. The molecule has 0 saturated heterocycles. The summed E-state index contributed by atoms with van der Waals surface area (Å²) in [6.45, 7) is 0.915. The quantitative estimate of drug-likeness (QED) is 0.587. The lowest BCUT2D eigenvalue weighted by atomic mass is 10.3. The molecule has 1 aromatic rings. The Bertz CT molecular complexity index is 194. The van der Waals surface area contributed by atoms with E-state index in [4.69, 9.17) is 9.47 Å². The van der Waals surface area contributed by atoms with Gasteiger partial charge >= 0.3 is 0 Å². The highest BCUT2D eigenvalue weighted by Gasteiger charge is 1.89. The summed E-state index contributed by atoms with van der Waals surface area (Å²) in [5, 5.41) is 0. The molecule has 0 spiro atoms. The molecule has 1 aromatic heterocycles. The van der Waals surface area contributed by atoms with E-state index in [2.05, 4.69) is 4.98 Å². The summed E-state index contributed by atoms with van der Waals surface area (Å²) in [4.78, 5) is 3.89. The molecule has 0 N–H and O–H groups in total. The molecule has 3 nitrogen and oxygen atoms in total. The number of rotatable bonds is 4. The highest BCUT2D eigenvalue weighted by atomic mass is 79.9. The number of hydrogen-bond acceptors (Lipinski definition) is 3. The van der Waals surface area contributed by atoms with E-state index in [0.29, 0.717) is 13.4 Å². The monoisotopic (exact) mass is 233 g/mol. The average molecular weight is 234 g/mol. The molecule has 0 saturated carbocycles. The van der Waals surface area contributed by atoms with Gasteiger partial charge in [-0.05, 0) is 17.7 Å². The maximum absolute atomic E-state index is 5.12. The first-order chi connectivity index (χ1) is 5.43. The van der Waals surface area contributed by atoms with Gasteiger partial charge in [-0.2, -0.15) is 0 Å². The molecule has 4 heteroatoms. The number of pyridine rings is 1. The first-order valence-corrected chi connectivity index (χ1v) is 3.39. The molecular weight excluding hydrogens is 222 g/mol. The normalized spacial score (nSPS) is 9.08. The third-order valence-electron chi connectivity index (χ3n) is 1.22. The Morgan fingerprint density at radius 1 is 1.33 bits per heavy atom. The van der Waals surface area contributed by atoms with Crippen LogP contribution >= 0.6 is 17.0 Å². The molecule has 0 aliphatic carbocycles. The van der Waals surface area contributed by atoms with Gasteiger partial charge in [0.1, 0.15) is 6.79 Å². The number of hydrogen-bond donors (Lipinski definition) is 0. The molecule has 68 valence electrons. The summed E-state index contributed by atoms with van der Waals surface area (Å²) in [5.41, 5.74) is 1.11. The average Bonchev–Trinajstić information content (AvgIpc) is 2.07. The summed E-state index contributed by atoms with van der Waals surface area (Å²) >= 11 is 0. The van der Waals surface area contributed by atoms with Crippen LogP contribution in [0.15, 0.2) is 24.5 Å². The minimum absolute atomic E-state index is 0. The smallest absolute Gasteiger partial charge is 0.146 e. The van der Waals surface area contributed by atoms with Gasteiger partial charge in [-0.25, -0.2) is 0 Å². The van der Waals surface area contributed by atoms with Gasteiger partial charge in [-0.1, -0.05) is 0 Å². The molecule has 0 atom stereocenters. The molecule has 1 heterocycles. The number of halogens is 1. The zero-order valence-electron chi connectivity index (χ0n) is 6.90. The van der Waals surface area contributed by atoms with E-state index < -0.39 is 0 Å². The van der Waals surface area contributed by atoms with Gasteiger partial charge in [0.15, 0.2) is 0 Å². The topological polar surface area (TPSA) is 31.4 Å². The van der Waals surface area contributed by atoms with Crippen LogP contribution in [0.3, 0.4) is 0 Å². The minimum atomic E-state index is 0. The van der Waals surface area contributed by atoms with Gasteiger partial charge in [-0.3, -0.25) is 4.98 Å². The maximum atomic E-state index is 5.12. The Morgan fingerprint density at radius 2 is 2.00 bits per heavy atom. The van der Waals surface area contributed by atoms with E-state index in [0.717, 1.165) is 5.56 Å². The summed E-state index contributed by atoms with van der Waals surface area (Å²) in [7, 11) is 1.60. The van der Waals surface area contributed by atoms with Crippen molar-refractivity contribution in [3.63, 3.8) is 0 Å². The molecule has 0 aliphatic heterocycles. The lowest BCUT2D eigenvalue weighted by Crippen LogP contribution is -1.96. The van der Waals surface area contributed by atoms with E-state index in [1.165, 1.54) is 0 Å². The van der Waals surface area contributed by atoms with Crippen molar-refractivity contribution in [3.8, 4) is 0 Å². The van der Waals surface area contributed by atoms with E-state index in [1.54, 1.807) is 19.5 Å². The Morgan fingerprint density at radius 3 is 2.58 bits per heavy atom. The highest BCUT2D eigenvalue weighted by molar-refractivity contribution is 8.93. The highest BCUT2D eigenvalue weighted by Crippen LogP contribution is 1.97. The van der Waals surface area contributed by atoms with Crippen LogP contribution in [0, 0.1) is 0 Å². The summed E-state index contributed by atoms with van der Waals surface area (Å²) in [6.07, 6.45) is 3.48. The fourth-order valence-electron chi connectivity index (χ4n) is 0.722. The van der Waals surface area contributed by atoms with Gasteiger partial charge in [0.2, 0.25) is 0 Å². The lowest BCUT2D eigenvalue weighted by molar-refractivity contribution is -0.0390. The van der Waals surface area contributed by atoms with Crippen molar-refractivity contribution in [2.75, 3.05) is 13.9 Å². The van der Waals surface area contributed by atoms with Crippen LogP contribution in [0.2, 0.25) is 0 Å². The van der Waals surface area contributed by atoms with Crippen LogP contribution in [-0.4, -0.2) is 18.9 Å². The van der Waals surface area contributed by atoms with E-state index in [-0.39, 0.29) is 17.0 Å². The van der Waals surface area contributed by atoms with Crippen molar-refractivity contribution >= 4 is 17.0 Å². The lowest BCUT2D eigenvalue weighted by Gasteiger charge is -2.00. The van der Waals surface area contributed by atoms with Crippen molar-refractivity contribution in [3.05, 3.63) is 30.1 Å². The Kier molecular flexibility index (Phi) is 6.94. The van der Waals surface area contributed by atoms with Crippen LogP contribution in [0.1, 0.15) is 5.56 Å². The van der Waals surface area contributed by atoms with E-state index >= 15 is 0 Å². The van der Waals surface area contributed by atoms with Gasteiger partial charge in [0, 0.05) is 19.5 Å². The fourth-order valence-corrected chi connectivity index (χ4v) is 0.722. The molecule has 0 fully saturated rings. The van der Waals surface area contributed by atoms with Crippen LogP contribution in [0.4, 0.5) is 0 Å². The summed E-state index contributed by atoms with van der Waals surface area (Å²) < 4.78 is 9.84. The minimum Gasteiger partial charge on any atom is -0.359 e. The third kappa shape index (κ3) is 4.43. The van der Waals surface area contributed by atoms with E-state index in [9.17, 15) is 0 Å². The molecule has 1 rings (SSSR count). The standard InChI is InChI=1S/C8H11NO2.BrH/c1-10-7-11-6-8-2-4-9-5-3-8;/h2-5H,6-7H2,1H3;1H. The molecular formula is C8H12BrNO2. The predicted octanol–water partition coefficient (Wildman–Crippen LogP) is 1.78. The second kappa shape index (κ2) is 7.21. The number of ether oxygens (including phenoxy) is 2. The zero-order chi connectivity index (χ0) is 7.94. The first-order valence-electron chi connectivity index (χ1n) is 3.39. The van der Waals surface area contributed by atoms with Gasteiger partial charge < -0.3 is 9.47 Å². The predicted molar refractivity (Wildman–Crippen MR) is 51.2 cm³/mol. The number of methoxy groups -OCH3 is 1. The van der Waals surface area contributed by atoms with Gasteiger partial charge in [0.25, 0.3) is 0 Å². The van der Waals surface area contributed by atoms with E-state index in [1.807, 2.05) is 12.1 Å². The SMILES string of the molecule is Br.COCOCc1ccncc1. The van der Waals surface area contributed by atoms with Crippen molar-refractivity contribution in [1.82, 2.24) is 4.98 Å². The molecule has 12 heavy (non-hydrogen) atoms. The first kappa shape index (κ1) is 11.6. The van der Waals surface area contributed by atoms with Gasteiger partial charge in [0.05, 0.1) is 6.61 Å². The second-order valence-corrected chi connectivity index (χ2v) is 2.11. The molecule has 0 unspecified atom stereocenters. The second-order valence-electron chi connectivity index (χ2n) is 2.11. The Balaban J connectivity index is 0.00000121. The fraction of sp³-hybridized carbons (Fsp3) is 0.375. The molecule has 0 aromatic carbocycles. The van der Waals surface area contributed by atoms with Gasteiger partial charge in [-0.15, -0.1) is 17.0 Å². The third-order valence-corrected chi connectivity index (χ3v) is 1.22.